The number of carbonyl (C=O) groups excluding carboxylic acids is 1. The second kappa shape index (κ2) is 5.25. The fraction of sp³-hybridized carbons (Fsp3) is 0.353. The van der Waals surface area contributed by atoms with Gasteiger partial charge in [-0.25, -0.2) is 0 Å². The Morgan fingerprint density at radius 2 is 2.14 bits per heavy atom. The smallest absolute Gasteiger partial charge is 0.251 e. The van der Waals surface area contributed by atoms with Crippen LogP contribution in [0.2, 0.25) is 0 Å². The monoisotopic (exact) mass is 392 g/mol. The third-order valence-electron chi connectivity index (χ3n) is 4.71. The Morgan fingerprint density at radius 3 is 2.90 bits per heavy atom. The van der Waals surface area contributed by atoms with Crippen LogP contribution in [0.25, 0.3) is 10.8 Å². The first-order chi connectivity index (χ1) is 10.2. The van der Waals surface area contributed by atoms with E-state index in [0.29, 0.717) is 18.1 Å². The maximum Gasteiger partial charge on any atom is 0.251 e. The third kappa shape index (κ3) is 2.44. The van der Waals surface area contributed by atoms with Crippen molar-refractivity contribution >= 4 is 39.3 Å². The summed E-state index contributed by atoms with van der Waals surface area (Å²) >= 11 is 2.33. The van der Waals surface area contributed by atoms with Crippen LogP contribution in [0.5, 0.6) is 0 Å². The number of fused-ring (bicyclic) bond motifs is 3. The highest BCUT2D eigenvalue weighted by molar-refractivity contribution is 14.1. The average molecular weight is 392 g/mol. The van der Waals surface area contributed by atoms with E-state index in [2.05, 4.69) is 45.4 Å². The van der Waals surface area contributed by atoms with Gasteiger partial charge in [-0.2, -0.15) is 0 Å². The molecule has 2 aliphatic heterocycles. The van der Waals surface area contributed by atoms with Crippen LogP contribution in [-0.4, -0.2) is 24.0 Å². The lowest BCUT2D eigenvalue weighted by atomic mass is 9.95. The first kappa shape index (κ1) is 13.5. The molecule has 0 spiro atoms. The minimum absolute atomic E-state index is 0.0510. The molecule has 0 saturated carbocycles. The molecule has 3 unspecified atom stereocenters. The van der Waals surface area contributed by atoms with Gasteiger partial charge in [0, 0.05) is 27.3 Å². The Balaban J connectivity index is 1.57. The van der Waals surface area contributed by atoms with E-state index in [9.17, 15) is 4.79 Å². The predicted molar refractivity (Wildman–Crippen MR) is 92.5 cm³/mol. The molecule has 2 aromatic rings. The molecule has 0 aliphatic carbocycles. The summed E-state index contributed by atoms with van der Waals surface area (Å²) in [5, 5.41) is 9.09. The zero-order valence-corrected chi connectivity index (χ0v) is 13.8. The van der Waals surface area contributed by atoms with Gasteiger partial charge >= 0.3 is 0 Å². The molecule has 2 aliphatic rings. The number of rotatable bonds is 2. The molecule has 2 saturated heterocycles. The fourth-order valence-corrected chi connectivity index (χ4v) is 4.32. The number of amides is 1. The van der Waals surface area contributed by atoms with Crippen LogP contribution < -0.4 is 10.6 Å². The quantitative estimate of drug-likeness (QED) is 0.772. The molecule has 4 rings (SSSR count). The van der Waals surface area contributed by atoms with Crippen molar-refractivity contribution in [3.8, 4) is 0 Å². The molecule has 2 N–H and O–H groups in total. The molecule has 0 aromatic heterocycles. The first-order valence-corrected chi connectivity index (χ1v) is 8.54. The standard InChI is InChI=1S/C17H17IN2O/c18-14-3-1-2-10-8-11(4-6-13(10)14)17(21)20-16-9-12-5-7-15(16)19-12/h1-4,6,8,12,15-16,19H,5,7,9H2,(H,20,21). The van der Waals surface area contributed by atoms with E-state index < -0.39 is 0 Å². The van der Waals surface area contributed by atoms with Gasteiger partial charge in [-0.05, 0) is 70.8 Å². The van der Waals surface area contributed by atoms with E-state index in [1.165, 1.54) is 21.8 Å². The van der Waals surface area contributed by atoms with Gasteiger partial charge in [0.25, 0.3) is 5.91 Å². The molecule has 3 atom stereocenters. The van der Waals surface area contributed by atoms with Gasteiger partial charge in [0.05, 0.1) is 0 Å². The molecule has 0 radical (unpaired) electrons. The second-order valence-corrected chi connectivity index (χ2v) is 7.20. The lowest BCUT2D eigenvalue weighted by Crippen LogP contribution is -2.42. The topological polar surface area (TPSA) is 41.1 Å². The summed E-state index contributed by atoms with van der Waals surface area (Å²) < 4.78 is 1.22. The number of benzene rings is 2. The minimum atomic E-state index is 0.0510. The molecule has 2 aromatic carbocycles. The maximum absolute atomic E-state index is 12.5. The number of hydrogen-bond donors (Lipinski definition) is 2. The average Bonchev–Trinajstić information content (AvgIpc) is 3.09. The highest BCUT2D eigenvalue weighted by Crippen LogP contribution is 2.28. The Bertz CT molecular complexity index is 715. The van der Waals surface area contributed by atoms with Crippen molar-refractivity contribution in [1.29, 1.82) is 0 Å². The highest BCUT2D eigenvalue weighted by atomic mass is 127. The van der Waals surface area contributed by atoms with Crippen LogP contribution in [0.4, 0.5) is 0 Å². The van der Waals surface area contributed by atoms with Gasteiger partial charge < -0.3 is 10.6 Å². The molecule has 108 valence electrons. The Kier molecular flexibility index (Phi) is 3.38. The zero-order valence-electron chi connectivity index (χ0n) is 11.6. The van der Waals surface area contributed by atoms with Crippen molar-refractivity contribution < 1.29 is 4.79 Å². The predicted octanol–water partition coefficient (Wildman–Crippen LogP) is 3.07. The number of hydrogen-bond acceptors (Lipinski definition) is 2. The van der Waals surface area contributed by atoms with Crippen molar-refractivity contribution in [3.05, 3.63) is 45.5 Å². The Morgan fingerprint density at radius 1 is 1.24 bits per heavy atom. The summed E-state index contributed by atoms with van der Waals surface area (Å²) in [6.45, 7) is 0. The number of nitrogens with one attached hydrogen (secondary N) is 2. The van der Waals surface area contributed by atoms with Gasteiger partial charge in [0.1, 0.15) is 0 Å². The van der Waals surface area contributed by atoms with Crippen LogP contribution in [0.1, 0.15) is 29.6 Å². The van der Waals surface area contributed by atoms with E-state index in [1.54, 1.807) is 0 Å². The largest absolute Gasteiger partial charge is 0.348 e. The Hall–Kier alpha value is -1.14. The minimum Gasteiger partial charge on any atom is -0.348 e. The molecule has 3 nitrogen and oxygen atoms in total. The van der Waals surface area contributed by atoms with E-state index in [-0.39, 0.29) is 5.91 Å². The molecule has 4 heteroatoms. The van der Waals surface area contributed by atoms with E-state index in [4.69, 9.17) is 0 Å². The van der Waals surface area contributed by atoms with Crippen molar-refractivity contribution in [2.45, 2.75) is 37.4 Å². The lowest BCUT2D eigenvalue weighted by molar-refractivity contribution is 0.0931. The molecule has 2 bridgehead atoms. The number of carbonyl (C=O) groups is 1. The third-order valence-corrected chi connectivity index (χ3v) is 5.65. The molecule has 2 heterocycles. The van der Waals surface area contributed by atoms with Gasteiger partial charge in [0.15, 0.2) is 0 Å². The maximum atomic E-state index is 12.5. The first-order valence-electron chi connectivity index (χ1n) is 7.46. The van der Waals surface area contributed by atoms with Crippen LogP contribution >= 0.6 is 22.6 Å². The van der Waals surface area contributed by atoms with Crippen LogP contribution in [0.3, 0.4) is 0 Å². The highest BCUT2D eigenvalue weighted by Gasteiger charge is 2.39. The molecular formula is C17H17IN2O. The van der Waals surface area contributed by atoms with Gasteiger partial charge in [0.2, 0.25) is 0 Å². The van der Waals surface area contributed by atoms with E-state index in [0.717, 1.165) is 17.4 Å². The van der Waals surface area contributed by atoms with Gasteiger partial charge in [-0.1, -0.05) is 18.2 Å². The van der Waals surface area contributed by atoms with Gasteiger partial charge in [-0.15, -0.1) is 0 Å². The number of halogens is 1. The summed E-state index contributed by atoms with van der Waals surface area (Å²) in [5.41, 5.74) is 0.757. The van der Waals surface area contributed by atoms with Crippen LogP contribution in [0, 0.1) is 3.57 Å². The summed E-state index contributed by atoms with van der Waals surface area (Å²) in [4.78, 5) is 12.5. The SMILES string of the molecule is O=C(NC1CC2CCC1N2)c1ccc2c(I)cccc2c1. The van der Waals surface area contributed by atoms with Crippen LogP contribution in [0.15, 0.2) is 36.4 Å². The second-order valence-electron chi connectivity index (χ2n) is 6.04. The molecule has 2 fully saturated rings. The Labute approximate surface area is 137 Å². The van der Waals surface area contributed by atoms with Crippen LogP contribution in [-0.2, 0) is 0 Å². The van der Waals surface area contributed by atoms with E-state index in [1.807, 2.05) is 24.3 Å². The normalized spacial score (nSPS) is 27.2. The fourth-order valence-electron chi connectivity index (χ4n) is 3.62. The van der Waals surface area contributed by atoms with Gasteiger partial charge in [-0.3, -0.25) is 4.79 Å². The molecule has 21 heavy (non-hydrogen) atoms. The van der Waals surface area contributed by atoms with Crippen molar-refractivity contribution in [3.63, 3.8) is 0 Å². The summed E-state index contributed by atoms with van der Waals surface area (Å²) in [6.07, 6.45) is 3.51. The summed E-state index contributed by atoms with van der Waals surface area (Å²) in [6, 6.07) is 13.5. The van der Waals surface area contributed by atoms with E-state index >= 15 is 0 Å². The lowest BCUT2D eigenvalue weighted by Gasteiger charge is -2.21. The van der Waals surface area contributed by atoms with Crippen molar-refractivity contribution in [2.24, 2.45) is 0 Å². The van der Waals surface area contributed by atoms with Crippen molar-refractivity contribution in [1.82, 2.24) is 10.6 Å². The summed E-state index contributed by atoms with van der Waals surface area (Å²) in [5.74, 6) is 0.0510. The summed E-state index contributed by atoms with van der Waals surface area (Å²) in [7, 11) is 0. The van der Waals surface area contributed by atoms with Crippen molar-refractivity contribution in [2.75, 3.05) is 0 Å². The molecule has 1 amide bonds. The zero-order chi connectivity index (χ0) is 14.4. The molecular weight excluding hydrogens is 375 g/mol.